The van der Waals surface area contributed by atoms with Crippen LogP contribution in [0.4, 0.5) is 5.82 Å². The third-order valence-electron chi connectivity index (χ3n) is 3.06. The molecule has 0 unspecified atom stereocenters. The first-order valence-corrected chi connectivity index (χ1v) is 5.42. The Balaban J connectivity index is 2.52. The van der Waals surface area contributed by atoms with E-state index in [1.54, 1.807) is 0 Å². The summed E-state index contributed by atoms with van der Waals surface area (Å²) in [5.41, 5.74) is 6.91. The lowest BCUT2D eigenvalue weighted by molar-refractivity contribution is -0.146. The molecule has 2 rings (SSSR count). The number of methoxy groups -OCH3 is 1. The maximum Gasteiger partial charge on any atom is 0.315 e. The van der Waals surface area contributed by atoms with Gasteiger partial charge in [-0.25, -0.2) is 0 Å². The molecule has 1 aromatic heterocycles. The number of nitrogens with two attached hydrogens (primary N) is 1. The van der Waals surface area contributed by atoms with Crippen molar-refractivity contribution in [3.8, 4) is 0 Å². The molecule has 4 nitrogen and oxygen atoms in total. The van der Waals surface area contributed by atoms with Crippen LogP contribution >= 0.6 is 0 Å². The fourth-order valence-corrected chi connectivity index (χ4v) is 1.92. The number of ether oxygens (including phenoxy) is 1. The lowest BCUT2D eigenvalue weighted by Crippen LogP contribution is -2.30. The number of hydrogen-bond acceptors (Lipinski definition) is 3. The molecule has 2 aromatic rings. The van der Waals surface area contributed by atoms with Gasteiger partial charge in [0.15, 0.2) is 0 Å². The van der Waals surface area contributed by atoms with E-state index in [1.165, 1.54) is 7.11 Å². The molecule has 4 heteroatoms. The lowest BCUT2D eigenvalue weighted by Gasteiger charge is -2.21. The Labute approximate surface area is 99.8 Å². The summed E-state index contributed by atoms with van der Waals surface area (Å²) in [6, 6.07) is 7.65. The van der Waals surface area contributed by atoms with E-state index in [0.717, 1.165) is 16.5 Å². The number of nitrogens with one attached hydrogen (secondary N) is 1. The van der Waals surface area contributed by atoms with Gasteiger partial charge >= 0.3 is 5.97 Å². The van der Waals surface area contributed by atoms with E-state index < -0.39 is 5.41 Å². The molecule has 0 aliphatic rings. The molecule has 1 aromatic carbocycles. The second-order valence-electron chi connectivity index (χ2n) is 4.64. The van der Waals surface area contributed by atoms with Crippen LogP contribution in [0.25, 0.3) is 10.9 Å². The van der Waals surface area contributed by atoms with Crippen LogP contribution in [0.2, 0.25) is 0 Å². The first kappa shape index (κ1) is 11.5. The lowest BCUT2D eigenvalue weighted by atomic mass is 9.84. The minimum Gasteiger partial charge on any atom is -0.468 e. The number of aromatic nitrogens is 1. The predicted molar refractivity (Wildman–Crippen MR) is 67.8 cm³/mol. The normalized spacial score (nSPS) is 11.7. The zero-order valence-corrected chi connectivity index (χ0v) is 10.2. The molecule has 0 bridgehead atoms. The highest BCUT2D eigenvalue weighted by molar-refractivity contribution is 5.88. The van der Waals surface area contributed by atoms with Crippen LogP contribution < -0.4 is 5.73 Å². The number of benzene rings is 1. The first-order chi connectivity index (χ1) is 7.95. The van der Waals surface area contributed by atoms with E-state index in [0.29, 0.717) is 5.82 Å². The molecule has 0 saturated carbocycles. The van der Waals surface area contributed by atoms with E-state index in [9.17, 15) is 4.79 Å². The third kappa shape index (κ3) is 1.86. The Bertz CT molecular complexity index is 570. The SMILES string of the molecule is COC(=O)C(C)(C)c1ccc2[nH]c(N)cc2c1. The molecule has 0 aliphatic heterocycles. The van der Waals surface area contributed by atoms with Crippen molar-refractivity contribution in [2.45, 2.75) is 19.3 Å². The first-order valence-electron chi connectivity index (χ1n) is 5.42. The number of esters is 1. The molecule has 0 spiro atoms. The number of H-pyrrole nitrogens is 1. The average Bonchev–Trinajstić information content (AvgIpc) is 2.66. The van der Waals surface area contributed by atoms with Gasteiger partial charge < -0.3 is 15.5 Å². The van der Waals surface area contributed by atoms with E-state index in [2.05, 4.69) is 4.98 Å². The Morgan fingerprint density at radius 3 is 2.71 bits per heavy atom. The smallest absolute Gasteiger partial charge is 0.315 e. The van der Waals surface area contributed by atoms with Crippen LogP contribution in [0.15, 0.2) is 24.3 Å². The molecule has 0 atom stereocenters. The van der Waals surface area contributed by atoms with E-state index in [-0.39, 0.29) is 5.97 Å². The second kappa shape index (κ2) is 3.80. The average molecular weight is 232 g/mol. The molecule has 3 N–H and O–H groups in total. The summed E-state index contributed by atoms with van der Waals surface area (Å²) in [5.74, 6) is 0.369. The van der Waals surface area contributed by atoms with Crippen molar-refractivity contribution in [3.05, 3.63) is 29.8 Å². The van der Waals surface area contributed by atoms with E-state index in [4.69, 9.17) is 10.5 Å². The zero-order chi connectivity index (χ0) is 12.6. The van der Waals surface area contributed by atoms with Crippen molar-refractivity contribution in [1.29, 1.82) is 0 Å². The van der Waals surface area contributed by atoms with Crippen molar-refractivity contribution in [2.24, 2.45) is 0 Å². The summed E-state index contributed by atoms with van der Waals surface area (Å²) in [4.78, 5) is 14.8. The van der Waals surface area contributed by atoms with Gasteiger partial charge in [-0.05, 0) is 37.6 Å². The Morgan fingerprint density at radius 2 is 2.06 bits per heavy atom. The molecule has 0 fully saturated rings. The number of carbonyl (C=O) groups excluding carboxylic acids is 1. The molecule has 1 heterocycles. The molecular formula is C13H16N2O2. The van der Waals surface area contributed by atoms with Crippen molar-refractivity contribution < 1.29 is 9.53 Å². The monoisotopic (exact) mass is 232 g/mol. The van der Waals surface area contributed by atoms with E-state index in [1.807, 2.05) is 38.1 Å². The summed E-state index contributed by atoms with van der Waals surface area (Å²) in [6.07, 6.45) is 0. The zero-order valence-electron chi connectivity index (χ0n) is 10.2. The summed E-state index contributed by atoms with van der Waals surface area (Å²) in [6.45, 7) is 3.69. The Hall–Kier alpha value is -1.97. The number of carbonyl (C=O) groups is 1. The number of fused-ring (bicyclic) bond motifs is 1. The maximum atomic E-state index is 11.7. The highest BCUT2D eigenvalue weighted by Crippen LogP contribution is 2.28. The van der Waals surface area contributed by atoms with Crippen LogP contribution in [0.3, 0.4) is 0 Å². The topological polar surface area (TPSA) is 68.1 Å². The molecule has 90 valence electrons. The summed E-state index contributed by atoms with van der Waals surface area (Å²) in [7, 11) is 1.40. The molecular weight excluding hydrogens is 216 g/mol. The van der Waals surface area contributed by atoms with Gasteiger partial charge in [-0.15, -0.1) is 0 Å². The molecule has 0 aliphatic carbocycles. The van der Waals surface area contributed by atoms with Gasteiger partial charge in [-0.2, -0.15) is 0 Å². The maximum absolute atomic E-state index is 11.7. The van der Waals surface area contributed by atoms with Crippen molar-refractivity contribution >= 4 is 22.7 Å². The highest BCUT2D eigenvalue weighted by atomic mass is 16.5. The predicted octanol–water partition coefficient (Wildman–Crippen LogP) is 2.20. The number of hydrogen-bond donors (Lipinski definition) is 2. The standard InChI is InChI=1S/C13H16N2O2/c1-13(2,12(16)17-3)9-4-5-10-8(6-9)7-11(14)15-10/h4-7,15H,14H2,1-3H3. The number of aromatic amines is 1. The van der Waals surface area contributed by atoms with Gasteiger partial charge in [0.2, 0.25) is 0 Å². The molecule has 0 amide bonds. The fourth-order valence-electron chi connectivity index (χ4n) is 1.92. The largest absolute Gasteiger partial charge is 0.468 e. The number of nitrogen functional groups attached to an aromatic ring is 1. The summed E-state index contributed by atoms with van der Waals surface area (Å²) < 4.78 is 4.82. The van der Waals surface area contributed by atoms with Crippen LogP contribution in [0.1, 0.15) is 19.4 Å². The van der Waals surface area contributed by atoms with Crippen molar-refractivity contribution in [3.63, 3.8) is 0 Å². The minimum atomic E-state index is -0.658. The fraction of sp³-hybridized carbons (Fsp3) is 0.308. The van der Waals surface area contributed by atoms with E-state index >= 15 is 0 Å². The Morgan fingerprint density at radius 1 is 1.35 bits per heavy atom. The van der Waals surface area contributed by atoms with Gasteiger partial charge in [-0.1, -0.05) is 6.07 Å². The highest BCUT2D eigenvalue weighted by Gasteiger charge is 2.30. The van der Waals surface area contributed by atoms with Gasteiger partial charge in [0.1, 0.15) is 5.82 Å². The number of anilines is 1. The molecule has 0 saturated heterocycles. The minimum absolute atomic E-state index is 0.250. The Kier molecular flexibility index (Phi) is 2.58. The van der Waals surface area contributed by atoms with Crippen molar-refractivity contribution in [2.75, 3.05) is 12.8 Å². The van der Waals surface area contributed by atoms with Crippen LogP contribution in [0.5, 0.6) is 0 Å². The molecule has 0 radical (unpaired) electrons. The van der Waals surface area contributed by atoms with Gasteiger partial charge in [-0.3, -0.25) is 4.79 Å². The second-order valence-corrected chi connectivity index (χ2v) is 4.64. The van der Waals surface area contributed by atoms with Crippen molar-refractivity contribution in [1.82, 2.24) is 4.98 Å². The molecule has 17 heavy (non-hydrogen) atoms. The van der Waals surface area contributed by atoms with Crippen LogP contribution in [-0.4, -0.2) is 18.1 Å². The van der Waals surface area contributed by atoms with Crippen LogP contribution in [-0.2, 0) is 14.9 Å². The summed E-state index contributed by atoms with van der Waals surface area (Å²) >= 11 is 0. The number of rotatable bonds is 2. The summed E-state index contributed by atoms with van der Waals surface area (Å²) in [5, 5.41) is 0.997. The third-order valence-corrected chi connectivity index (χ3v) is 3.06. The van der Waals surface area contributed by atoms with Gasteiger partial charge in [0.05, 0.1) is 12.5 Å². The van der Waals surface area contributed by atoms with Gasteiger partial charge in [0.25, 0.3) is 0 Å². The van der Waals surface area contributed by atoms with Gasteiger partial charge in [0, 0.05) is 10.9 Å². The quantitative estimate of drug-likeness (QED) is 0.780. The van der Waals surface area contributed by atoms with Crippen LogP contribution in [0, 0.1) is 0 Å².